The van der Waals surface area contributed by atoms with E-state index in [1.165, 1.54) is 12.1 Å². The summed E-state index contributed by atoms with van der Waals surface area (Å²) in [4.78, 5) is 26.4. The van der Waals surface area contributed by atoms with Crippen LogP contribution in [0.5, 0.6) is 0 Å². The van der Waals surface area contributed by atoms with Crippen LogP contribution in [0.15, 0.2) is 48.5 Å². The van der Waals surface area contributed by atoms with Gasteiger partial charge in [-0.1, -0.05) is 31.2 Å². The predicted octanol–water partition coefficient (Wildman–Crippen LogP) is 3.98. The quantitative estimate of drug-likeness (QED) is 0.724. The van der Waals surface area contributed by atoms with Crippen molar-refractivity contribution in [3.63, 3.8) is 0 Å². The molecule has 1 atom stereocenters. The maximum atomic E-state index is 13.2. The molecule has 3 rings (SSSR count). The van der Waals surface area contributed by atoms with Crippen molar-refractivity contribution in [1.29, 1.82) is 0 Å². The summed E-state index contributed by atoms with van der Waals surface area (Å²) in [6, 6.07) is 13.4. The smallest absolute Gasteiger partial charge is 0.309 e. The Hall–Kier alpha value is -2.69. The number of rotatable bonds is 6. The van der Waals surface area contributed by atoms with Crippen molar-refractivity contribution in [2.75, 3.05) is 13.1 Å². The molecule has 0 saturated carbocycles. The first-order chi connectivity index (χ1) is 13.0. The zero-order chi connectivity index (χ0) is 19.2. The van der Waals surface area contributed by atoms with E-state index in [2.05, 4.69) is 0 Å². The fourth-order valence-corrected chi connectivity index (χ4v) is 3.24. The second-order valence-electron chi connectivity index (χ2n) is 7.04. The number of likely N-dealkylation sites (tertiary alicyclic amines) is 1. The van der Waals surface area contributed by atoms with Crippen LogP contribution in [0, 0.1) is 11.7 Å². The molecule has 0 bridgehead atoms. The van der Waals surface area contributed by atoms with Crippen LogP contribution >= 0.6 is 0 Å². The van der Waals surface area contributed by atoms with Crippen molar-refractivity contribution in [3.05, 3.63) is 71.0 Å². The van der Waals surface area contributed by atoms with Crippen LogP contribution in [0.2, 0.25) is 0 Å². The van der Waals surface area contributed by atoms with Gasteiger partial charge < -0.3 is 9.64 Å². The highest BCUT2D eigenvalue weighted by molar-refractivity contribution is 5.94. The molecule has 1 heterocycles. The van der Waals surface area contributed by atoms with Gasteiger partial charge in [-0.25, -0.2) is 4.39 Å². The lowest BCUT2D eigenvalue weighted by molar-refractivity contribution is -0.149. The van der Waals surface area contributed by atoms with E-state index < -0.39 is 0 Å². The Balaban J connectivity index is 1.50. The number of carbonyl (C=O) groups excluding carboxylic acids is 2. The number of nitrogens with zero attached hydrogens (tertiary/aromatic N) is 1. The van der Waals surface area contributed by atoms with E-state index in [0.717, 1.165) is 37.1 Å². The van der Waals surface area contributed by atoms with Gasteiger partial charge in [0, 0.05) is 18.7 Å². The predicted molar refractivity (Wildman–Crippen MR) is 101 cm³/mol. The minimum atomic E-state index is -0.359. The second-order valence-corrected chi connectivity index (χ2v) is 7.04. The number of hydrogen-bond donors (Lipinski definition) is 0. The van der Waals surface area contributed by atoms with E-state index >= 15 is 0 Å². The molecule has 4 nitrogen and oxygen atoms in total. The van der Waals surface area contributed by atoms with E-state index in [9.17, 15) is 14.0 Å². The summed E-state index contributed by atoms with van der Waals surface area (Å²) < 4.78 is 18.6. The van der Waals surface area contributed by atoms with Gasteiger partial charge in [-0.2, -0.15) is 0 Å². The number of hydrogen-bond acceptors (Lipinski definition) is 3. The van der Waals surface area contributed by atoms with Crippen molar-refractivity contribution in [2.24, 2.45) is 5.92 Å². The molecular formula is C22H24FNO3. The van der Waals surface area contributed by atoms with Gasteiger partial charge in [0.05, 0.1) is 5.92 Å². The van der Waals surface area contributed by atoms with Crippen molar-refractivity contribution < 1.29 is 18.7 Å². The molecule has 2 aromatic carbocycles. The SMILES string of the molecule is CC(Cc1cccc(F)c1)C(=O)OCc1ccc(C(=O)N2CCCC2)cc1. The number of benzene rings is 2. The summed E-state index contributed by atoms with van der Waals surface area (Å²) in [6.07, 6.45) is 2.56. The largest absolute Gasteiger partial charge is 0.461 e. The number of amides is 1. The Morgan fingerprint density at radius 2 is 1.78 bits per heavy atom. The summed E-state index contributed by atoms with van der Waals surface area (Å²) in [6.45, 7) is 3.57. The zero-order valence-electron chi connectivity index (χ0n) is 15.5. The minimum absolute atomic E-state index is 0.0553. The topological polar surface area (TPSA) is 46.6 Å². The maximum Gasteiger partial charge on any atom is 0.309 e. The summed E-state index contributed by atoms with van der Waals surface area (Å²) in [5.74, 6) is -0.935. The van der Waals surface area contributed by atoms with Gasteiger partial charge in [0.25, 0.3) is 5.91 Å². The monoisotopic (exact) mass is 369 g/mol. The molecule has 1 unspecified atom stereocenters. The Labute approximate surface area is 158 Å². The molecule has 1 fully saturated rings. The Morgan fingerprint density at radius 1 is 1.07 bits per heavy atom. The molecular weight excluding hydrogens is 345 g/mol. The molecule has 5 heteroatoms. The summed E-state index contributed by atoms with van der Waals surface area (Å²) in [5.41, 5.74) is 2.26. The summed E-state index contributed by atoms with van der Waals surface area (Å²) in [5, 5.41) is 0. The highest BCUT2D eigenvalue weighted by Gasteiger charge is 2.19. The van der Waals surface area contributed by atoms with E-state index in [0.29, 0.717) is 12.0 Å². The van der Waals surface area contributed by atoms with Crippen LogP contribution in [0.1, 0.15) is 41.3 Å². The molecule has 1 aliphatic heterocycles. The van der Waals surface area contributed by atoms with Crippen LogP contribution in [0.3, 0.4) is 0 Å². The summed E-state index contributed by atoms with van der Waals surface area (Å²) in [7, 11) is 0. The summed E-state index contributed by atoms with van der Waals surface area (Å²) >= 11 is 0. The lowest BCUT2D eigenvalue weighted by Gasteiger charge is -2.15. The van der Waals surface area contributed by atoms with Gasteiger partial charge in [0.2, 0.25) is 0 Å². The third kappa shape index (κ3) is 5.16. The van der Waals surface area contributed by atoms with Crippen LogP contribution < -0.4 is 0 Å². The first-order valence-corrected chi connectivity index (χ1v) is 9.32. The molecule has 1 amide bonds. The van der Waals surface area contributed by atoms with Crippen LogP contribution in [-0.4, -0.2) is 29.9 Å². The third-order valence-electron chi connectivity index (χ3n) is 4.81. The van der Waals surface area contributed by atoms with Crippen LogP contribution in [0.4, 0.5) is 4.39 Å². The van der Waals surface area contributed by atoms with Gasteiger partial charge in [0.1, 0.15) is 12.4 Å². The fraction of sp³-hybridized carbons (Fsp3) is 0.364. The van der Waals surface area contributed by atoms with Crippen molar-refractivity contribution >= 4 is 11.9 Å². The molecule has 142 valence electrons. The molecule has 0 spiro atoms. The van der Waals surface area contributed by atoms with Crippen molar-refractivity contribution in [3.8, 4) is 0 Å². The number of ether oxygens (including phenoxy) is 1. The highest BCUT2D eigenvalue weighted by atomic mass is 19.1. The van der Waals surface area contributed by atoms with Crippen LogP contribution in [0.25, 0.3) is 0 Å². The van der Waals surface area contributed by atoms with Crippen molar-refractivity contribution in [2.45, 2.75) is 32.8 Å². The average Bonchev–Trinajstić information content (AvgIpc) is 3.20. The third-order valence-corrected chi connectivity index (χ3v) is 4.81. The minimum Gasteiger partial charge on any atom is -0.461 e. The maximum absolute atomic E-state index is 13.2. The first-order valence-electron chi connectivity index (χ1n) is 9.32. The molecule has 1 aliphatic rings. The lowest BCUT2D eigenvalue weighted by Crippen LogP contribution is -2.27. The zero-order valence-corrected chi connectivity index (χ0v) is 15.5. The lowest BCUT2D eigenvalue weighted by atomic mass is 10.0. The van der Waals surface area contributed by atoms with Gasteiger partial charge >= 0.3 is 5.97 Å². The Bertz CT molecular complexity index is 797. The fourth-order valence-electron chi connectivity index (χ4n) is 3.24. The van der Waals surface area contributed by atoms with E-state index in [-0.39, 0.29) is 30.2 Å². The van der Waals surface area contributed by atoms with Gasteiger partial charge in [-0.3, -0.25) is 9.59 Å². The Kier molecular flexibility index (Phi) is 6.22. The van der Waals surface area contributed by atoms with Gasteiger partial charge in [0.15, 0.2) is 0 Å². The van der Waals surface area contributed by atoms with Gasteiger partial charge in [-0.15, -0.1) is 0 Å². The van der Waals surface area contributed by atoms with Crippen LogP contribution in [-0.2, 0) is 22.6 Å². The van der Waals surface area contributed by atoms with E-state index in [1.807, 2.05) is 17.0 Å². The van der Waals surface area contributed by atoms with Gasteiger partial charge in [-0.05, 0) is 54.7 Å². The van der Waals surface area contributed by atoms with E-state index in [1.54, 1.807) is 31.2 Å². The molecule has 0 aromatic heterocycles. The number of carbonyl (C=O) groups is 2. The Morgan fingerprint density at radius 3 is 2.44 bits per heavy atom. The molecule has 0 N–H and O–H groups in total. The van der Waals surface area contributed by atoms with E-state index in [4.69, 9.17) is 4.74 Å². The number of esters is 1. The molecule has 0 aliphatic carbocycles. The molecule has 1 saturated heterocycles. The first kappa shape index (κ1) is 19.1. The van der Waals surface area contributed by atoms with Crippen molar-refractivity contribution in [1.82, 2.24) is 4.90 Å². The normalized spacial score (nSPS) is 14.8. The molecule has 27 heavy (non-hydrogen) atoms. The molecule has 0 radical (unpaired) electrons. The number of halogens is 1. The second kappa shape index (κ2) is 8.80. The molecule has 2 aromatic rings. The highest BCUT2D eigenvalue weighted by Crippen LogP contribution is 2.15. The average molecular weight is 369 g/mol. The standard InChI is InChI=1S/C22H24FNO3/c1-16(13-18-5-4-6-20(23)14-18)22(26)27-15-17-7-9-19(10-8-17)21(25)24-11-2-3-12-24/h4-10,14,16H,2-3,11-13,15H2,1H3.